The van der Waals surface area contributed by atoms with Crippen LogP contribution < -0.4 is 4.74 Å². The van der Waals surface area contributed by atoms with E-state index in [0.29, 0.717) is 33.8 Å². The van der Waals surface area contributed by atoms with Crippen molar-refractivity contribution in [3.63, 3.8) is 0 Å². The molecule has 1 unspecified atom stereocenters. The summed E-state index contributed by atoms with van der Waals surface area (Å²) in [6, 6.07) is 20.5. The number of likely N-dealkylation sites (N-methyl/N-ethyl adjacent to an activating group) is 1. The van der Waals surface area contributed by atoms with E-state index in [1.54, 1.807) is 18.0 Å². The Morgan fingerprint density at radius 1 is 1.18 bits per heavy atom. The molecule has 0 radical (unpaired) electrons. The monoisotopic (exact) mass is 707 g/mol. The van der Waals surface area contributed by atoms with E-state index >= 15 is 4.39 Å². The first-order valence-corrected chi connectivity index (χ1v) is 18.4. The fraction of sp³-hybridized carbons (Fsp3) is 0.341. The molecule has 1 aliphatic rings. The number of fused-ring (bicyclic) bond motifs is 1. The number of aryl methyl sites for hydroxylation is 1. The number of ether oxygens (including phenoxy) is 1. The number of nitrogens with zero attached hydrogens (tertiary/aromatic N) is 4. The normalized spacial score (nSPS) is 14.8. The summed E-state index contributed by atoms with van der Waals surface area (Å²) in [4.78, 5) is 26.1. The van der Waals surface area contributed by atoms with Gasteiger partial charge in [0, 0.05) is 40.0 Å². The standard InChI is InChI=1S/C41H43F2N5O2S/c1-4-7-37(47(2)41(49)30(25-44)22-32-9-6-21-51-32)29-12-10-27(11-13-29)8-5-18-48-19-16-28(17-20-48)36-24-34-39(35(43)26-45-40(34)46-36)33-23-31(42)14-15-38(33)50-3/h6,9-15,21-24,26,28,37H,4-5,7-8,16-20H2,1-3H3,(H,45,46)/b30-22-. The number of thiophene rings is 1. The summed E-state index contributed by atoms with van der Waals surface area (Å²) in [5.41, 5.74) is 4.75. The molecule has 0 bridgehead atoms. The number of pyridine rings is 1. The SMILES string of the molecule is CCCC(c1ccc(CCCN2CCC(c3cc4c(-c5cc(F)ccc5OC)c(F)cnc4[nH]3)CC2)cc1)N(C)C(=O)/C(C#N)=C\c1cccs1. The van der Waals surface area contributed by atoms with Crippen molar-refractivity contribution in [1.29, 1.82) is 5.26 Å². The number of methoxy groups -OCH3 is 1. The molecule has 5 aromatic rings. The summed E-state index contributed by atoms with van der Waals surface area (Å²) in [5, 5.41) is 12.3. The number of carbonyl (C=O) groups excluding carboxylic acids is 1. The fourth-order valence-corrected chi connectivity index (χ4v) is 7.82. The Morgan fingerprint density at radius 3 is 2.65 bits per heavy atom. The predicted molar refractivity (Wildman–Crippen MR) is 200 cm³/mol. The van der Waals surface area contributed by atoms with Gasteiger partial charge in [-0.25, -0.2) is 13.8 Å². The van der Waals surface area contributed by atoms with Crippen LogP contribution in [0.1, 0.15) is 72.7 Å². The topological polar surface area (TPSA) is 85.2 Å². The number of halogens is 2. The number of likely N-dealkylation sites (tertiary alicyclic amines) is 1. The van der Waals surface area contributed by atoms with Gasteiger partial charge in [0.25, 0.3) is 5.91 Å². The summed E-state index contributed by atoms with van der Waals surface area (Å²) in [6.45, 7) is 5.04. The van der Waals surface area contributed by atoms with Crippen LogP contribution in [0, 0.1) is 23.0 Å². The molecule has 1 N–H and O–H groups in total. The molecule has 51 heavy (non-hydrogen) atoms. The quantitative estimate of drug-likeness (QED) is 0.0974. The molecular formula is C41H43F2N5O2S. The second kappa shape index (κ2) is 16.4. The lowest BCUT2D eigenvalue weighted by molar-refractivity contribution is -0.127. The number of aromatic nitrogens is 2. The first-order chi connectivity index (χ1) is 24.8. The summed E-state index contributed by atoms with van der Waals surface area (Å²) < 4.78 is 34.8. The second-order valence-electron chi connectivity index (χ2n) is 13.2. The van der Waals surface area contributed by atoms with E-state index in [2.05, 4.69) is 52.1 Å². The number of hydrogen-bond donors (Lipinski definition) is 1. The van der Waals surface area contributed by atoms with Crippen LogP contribution in [0.5, 0.6) is 5.75 Å². The molecule has 0 spiro atoms. The van der Waals surface area contributed by atoms with Gasteiger partial charge in [-0.05, 0) is 105 Å². The van der Waals surface area contributed by atoms with Crippen LogP contribution >= 0.6 is 11.3 Å². The van der Waals surface area contributed by atoms with Crippen LogP contribution in [-0.4, -0.2) is 59.5 Å². The number of H-pyrrole nitrogens is 1. The molecule has 10 heteroatoms. The number of rotatable bonds is 13. The first-order valence-electron chi connectivity index (χ1n) is 17.5. The molecule has 2 aromatic carbocycles. The third kappa shape index (κ3) is 8.22. The van der Waals surface area contributed by atoms with Gasteiger partial charge in [0.2, 0.25) is 0 Å². The van der Waals surface area contributed by atoms with Gasteiger partial charge in [0.05, 0.1) is 19.3 Å². The highest BCUT2D eigenvalue weighted by molar-refractivity contribution is 7.10. The van der Waals surface area contributed by atoms with Gasteiger partial charge in [-0.2, -0.15) is 5.26 Å². The van der Waals surface area contributed by atoms with Crippen molar-refractivity contribution < 1.29 is 18.3 Å². The lowest BCUT2D eigenvalue weighted by atomic mass is 9.92. The molecule has 6 rings (SSSR count). The summed E-state index contributed by atoms with van der Waals surface area (Å²) in [5.74, 6) is -0.534. The molecule has 4 heterocycles. The number of nitriles is 1. The van der Waals surface area contributed by atoms with Crippen molar-refractivity contribution in [1.82, 2.24) is 19.8 Å². The summed E-state index contributed by atoms with van der Waals surface area (Å²) in [7, 11) is 3.28. The number of hydrogen-bond acceptors (Lipinski definition) is 6. The predicted octanol–water partition coefficient (Wildman–Crippen LogP) is 9.30. The molecule has 1 saturated heterocycles. The fourth-order valence-electron chi connectivity index (χ4n) is 7.17. The number of piperidine rings is 1. The van der Waals surface area contributed by atoms with Gasteiger partial charge in [-0.1, -0.05) is 43.7 Å². The molecule has 0 aliphatic carbocycles. The largest absolute Gasteiger partial charge is 0.496 e. The van der Waals surface area contributed by atoms with Crippen molar-refractivity contribution in [3.8, 4) is 22.9 Å². The van der Waals surface area contributed by atoms with E-state index in [1.165, 1.54) is 48.4 Å². The maximum atomic E-state index is 15.1. The minimum Gasteiger partial charge on any atom is -0.496 e. The van der Waals surface area contributed by atoms with Crippen LogP contribution in [-0.2, 0) is 11.2 Å². The van der Waals surface area contributed by atoms with Crippen LogP contribution in [0.4, 0.5) is 8.78 Å². The molecule has 1 aliphatic heterocycles. The Bertz CT molecular complexity index is 2030. The van der Waals surface area contributed by atoms with Gasteiger partial charge in [-0.15, -0.1) is 11.3 Å². The number of amides is 1. The molecule has 264 valence electrons. The van der Waals surface area contributed by atoms with Crippen LogP contribution in [0.2, 0.25) is 0 Å². The third-order valence-electron chi connectivity index (χ3n) is 9.93. The Labute approximate surface area is 302 Å². The zero-order valence-electron chi connectivity index (χ0n) is 29.3. The van der Waals surface area contributed by atoms with Crippen LogP contribution in [0.15, 0.2) is 77.8 Å². The van der Waals surface area contributed by atoms with Crippen molar-refractivity contribution in [3.05, 3.63) is 111 Å². The highest BCUT2D eigenvalue weighted by Crippen LogP contribution is 2.39. The van der Waals surface area contributed by atoms with Gasteiger partial charge < -0.3 is 19.5 Å². The molecule has 1 atom stereocenters. The molecule has 0 saturated carbocycles. The highest BCUT2D eigenvalue weighted by Gasteiger charge is 2.26. The molecule has 3 aromatic heterocycles. The summed E-state index contributed by atoms with van der Waals surface area (Å²) in [6.07, 6.45) is 8.52. The van der Waals surface area contributed by atoms with Crippen molar-refractivity contribution >= 4 is 34.4 Å². The van der Waals surface area contributed by atoms with Crippen molar-refractivity contribution in [2.24, 2.45) is 0 Å². The van der Waals surface area contributed by atoms with Crippen molar-refractivity contribution in [2.75, 3.05) is 33.8 Å². The maximum absolute atomic E-state index is 15.1. The van der Waals surface area contributed by atoms with E-state index < -0.39 is 11.6 Å². The molecule has 1 amide bonds. The second-order valence-corrected chi connectivity index (χ2v) is 14.2. The van der Waals surface area contributed by atoms with Crippen LogP contribution in [0.3, 0.4) is 0 Å². The zero-order valence-corrected chi connectivity index (χ0v) is 30.1. The Balaban J connectivity index is 1.03. The van der Waals surface area contributed by atoms with E-state index in [-0.39, 0.29) is 17.5 Å². The number of aromatic amines is 1. The third-order valence-corrected chi connectivity index (χ3v) is 10.7. The zero-order chi connectivity index (χ0) is 35.9. The number of carbonyl (C=O) groups is 1. The van der Waals surface area contributed by atoms with Gasteiger partial charge >= 0.3 is 0 Å². The Hall–Kier alpha value is -4.85. The minimum absolute atomic E-state index is 0.110. The summed E-state index contributed by atoms with van der Waals surface area (Å²) >= 11 is 1.50. The molecule has 1 fully saturated rings. The average molecular weight is 708 g/mol. The molecular weight excluding hydrogens is 665 g/mol. The maximum Gasteiger partial charge on any atom is 0.264 e. The number of nitrogens with one attached hydrogen (secondary N) is 1. The van der Waals surface area contributed by atoms with Crippen molar-refractivity contribution in [2.45, 2.75) is 57.4 Å². The highest BCUT2D eigenvalue weighted by atomic mass is 32.1. The van der Waals surface area contributed by atoms with E-state index in [0.717, 1.165) is 74.3 Å². The molecule has 7 nitrogen and oxygen atoms in total. The van der Waals surface area contributed by atoms with E-state index in [9.17, 15) is 14.4 Å². The first kappa shape index (κ1) is 36.0. The lowest BCUT2D eigenvalue weighted by Crippen LogP contribution is -2.34. The smallest absolute Gasteiger partial charge is 0.264 e. The average Bonchev–Trinajstić information content (AvgIpc) is 3.83. The van der Waals surface area contributed by atoms with Crippen LogP contribution in [0.25, 0.3) is 28.2 Å². The van der Waals surface area contributed by atoms with Gasteiger partial charge in [0.15, 0.2) is 0 Å². The Morgan fingerprint density at radius 2 is 1.96 bits per heavy atom. The number of benzene rings is 2. The van der Waals surface area contributed by atoms with E-state index in [4.69, 9.17) is 4.74 Å². The lowest BCUT2D eigenvalue weighted by Gasteiger charge is -2.31. The minimum atomic E-state index is -0.517. The van der Waals surface area contributed by atoms with Gasteiger partial charge in [-0.3, -0.25) is 4.79 Å². The van der Waals surface area contributed by atoms with E-state index in [1.807, 2.05) is 23.6 Å². The Kier molecular flexibility index (Phi) is 11.6. The van der Waals surface area contributed by atoms with Gasteiger partial charge in [0.1, 0.15) is 34.7 Å².